The van der Waals surface area contributed by atoms with E-state index in [2.05, 4.69) is 11.9 Å². The molecule has 4 aromatic rings. The molecule has 0 fully saturated rings. The number of hydrogen-bond donors (Lipinski definition) is 0. The number of fused-ring (bicyclic) bond motifs is 1. The van der Waals surface area contributed by atoms with Gasteiger partial charge in [-0.1, -0.05) is 50.3 Å². The molecule has 0 aliphatic carbocycles. The fraction of sp³-hybridized carbons (Fsp3) is 0.269. The Hall–Kier alpha value is -3.14. The van der Waals surface area contributed by atoms with Gasteiger partial charge in [0.05, 0.1) is 27.4 Å². The Morgan fingerprint density at radius 3 is 2.31 bits per heavy atom. The van der Waals surface area contributed by atoms with E-state index in [0.29, 0.717) is 23.8 Å². The number of para-hydroxylation sites is 1. The van der Waals surface area contributed by atoms with Crippen molar-refractivity contribution in [2.24, 2.45) is 0 Å². The summed E-state index contributed by atoms with van der Waals surface area (Å²) in [7, 11) is -3.60. The largest absolute Gasteiger partial charge is 0.278 e. The molecule has 0 saturated carbocycles. The smallest absolute Gasteiger partial charge is 0.260 e. The Kier molecular flexibility index (Phi) is 7.59. The molecule has 0 aliphatic rings. The zero-order chi connectivity index (χ0) is 25.0. The van der Waals surface area contributed by atoms with Crippen LogP contribution >= 0.6 is 11.3 Å². The molecule has 2 aromatic heterocycles. The second-order valence-corrected chi connectivity index (χ2v) is 10.9. The number of pyridine rings is 1. The van der Waals surface area contributed by atoms with Gasteiger partial charge in [0.1, 0.15) is 0 Å². The molecular weight excluding hydrogens is 480 g/mol. The van der Waals surface area contributed by atoms with Gasteiger partial charge < -0.3 is 0 Å². The normalized spacial score (nSPS) is 11.8. The molecule has 2 heterocycles. The van der Waals surface area contributed by atoms with Crippen LogP contribution in [-0.2, 0) is 23.0 Å². The highest BCUT2D eigenvalue weighted by Gasteiger charge is 2.25. The second-order valence-electron chi connectivity index (χ2n) is 7.94. The van der Waals surface area contributed by atoms with Crippen LogP contribution in [0.4, 0.5) is 5.13 Å². The first-order valence-corrected chi connectivity index (χ1v) is 13.8. The first-order chi connectivity index (χ1) is 16.9. The molecule has 0 unspecified atom stereocenters. The van der Waals surface area contributed by atoms with E-state index in [4.69, 9.17) is 4.98 Å². The first-order valence-electron chi connectivity index (χ1n) is 11.6. The maximum Gasteiger partial charge on any atom is 0.260 e. The quantitative estimate of drug-likeness (QED) is 0.313. The van der Waals surface area contributed by atoms with Crippen molar-refractivity contribution in [1.82, 2.24) is 14.3 Å². The molecule has 1 amide bonds. The number of benzene rings is 2. The SMILES string of the molecule is CCc1cccc2sc(N(Cc3ccccn3)C(=O)c3ccc(S(=O)(=O)N(CC)CC)cc3)nc12. The van der Waals surface area contributed by atoms with Crippen molar-refractivity contribution in [1.29, 1.82) is 0 Å². The summed E-state index contributed by atoms with van der Waals surface area (Å²) in [5.41, 5.74) is 3.14. The van der Waals surface area contributed by atoms with E-state index < -0.39 is 10.0 Å². The molecule has 0 atom stereocenters. The van der Waals surface area contributed by atoms with Crippen molar-refractivity contribution in [3.05, 3.63) is 83.7 Å². The minimum Gasteiger partial charge on any atom is -0.278 e. The minimum atomic E-state index is -3.60. The number of hydrogen-bond acceptors (Lipinski definition) is 6. The summed E-state index contributed by atoms with van der Waals surface area (Å²) >= 11 is 1.46. The molecule has 182 valence electrons. The van der Waals surface area contributed by atoms with Gasteiger partial charge in [0.25, 0.3) is 5.91 Å². The highest BCUT2D eigenvalue weighted by Crippen LogP contribution is 2.32. The van der Waals surface area contributed by atoms with E-state index in [9.17, 15) is 13.2 Å². The lowest BCUT2D eigenvalue weighted by Crippen LogP contribution is -2.31. The van der Waals surface area contributed by atoms with Gasteiger partial charge in [-0.05, 0) is 54.4 Å². The molecule has 9 heteroatoms. The van der Waals surface area contributed by atoms with Crippen LogP contribution in [0.3, 0.4) is 0 Å². The van der Waals surface area contributed by atoms with Crippen LogP contribution in [-0.4, -0.2) is 41.7 Å². The van der Waals surface area contributed by atoms with Crippen LogP contribution in [0.1, 0.15) is 42.4 Å². The Bertz CT molecular complexity index is 1410. The Labute approximate surface area is 210 Å². The van der Waals surface area contributed by atoms with Crippen LogP contribution in [0.15, 0.2) is 71.8 Å². The first kappa shape index (κ1) is 25.0. The highest BCUT2D eigenvalue weighted by atomic mass is 32.2. The molecule has 2 aromatic carbocycles. The number of thiazole rings is 1. The molecule has 35 heavy (non-hydrogen) atoms. The Balaban J connectivity index is 1.72. The van der Waals surface area contributed by atoms with Gasteiger partial charge in [-0.3, -0.25) is 14.7 Å². The maximum atomic E-state index is 13.7. The van der Waals surface area contributed by atoms with Gasteiger partial charge >= 0.3 is 0 Å². The maximum absolute atomic E-state index is 13.7. The number of carbonyl (C=O) groups is 1. The van der Waals surface area contributed by atoms with Gasteiger partial charge in [-0.2, -0.15) is 4.31 Å². The van der Waals surface area contributed by atoms with Crippen molar-refractivity contribution in [3.63, 3.8) is 0 Å². The molecule has 0 spiro atoms. The van der Waals surface area contributed by atoms with Crippen molar-refractivity contribution in [2.45, 2.75) is 38.6 Å². The van der Waals surface area contributed by atoms with E-state index >= 15 is 0 Å². The average molecular weight is 509 g/mol. The van der Waals surface area contributed by atoms with Gasteiger partial charge in [0, 0.05) is 24.8 Å². The van der Waals surface area contributed by atoms with Crippen LogP contribution in [0.2, 0.25) is 0 Å². The van der Waals surface area contributed by atoms with Crippen molar-refractivity contribution in [2.75, 3.05) is 18.0 Å². The van der Waals surface area contributed by atoms with E-state index in [1.54, 1.807) is 37.1 Å². The van der Waals surface area contributed by atoms with E-state index in [1.165, 1.54) is 27.8 Å². The van der Waals surface area contributed by atoms with Crippen molar-refractivity contribution >= 4 is 42.6 Å². The van der Waals surface area contributed by atoms with Gasteiger partial charge in [-0.15, -0.1) is 0 Å². The van der Waals surface area contributed by atoms with E-state index in [0.717, 1.165) is 27.9 Å². The zero-order valence-corrected chi connectivity index (χ0v) is 21.6. The summed E-state index contributed by atoms with van der Waals surface area (Å²) in [5.74, 6) is -0.264. The summed E-state index contributed by atoms with van der Waals surface area (Å²) in [4.78, 5) is 24.7. The lowest BCUT2D eigenvalue weighted by atomic mass is 10.1. The Morgan fingerprint density at radius 2 is 1.69 bits per heavy atom. The monoisotopic (exact) mass is 508 g/mol. The fourth-order valence-electron chi connectivity index (χ4n) is 3.91. The van der Waals surface area contributed by atoms with Crippen LogP contribution < -0.4 is 4.90 Å². The topological polar surface area (TPSA) is 83.5 Å². The average Bonchev–Trinajstić information content (AvgIpc) is 3.32. The number of aryl methyl sites for hydroxylation is 1. The molecular formula is C26H28N4O3S2. The summed E-state index contributed by atoms with van der Waals surface area (Å²) < 4.78 is 28.1. The fourth-order valence-corrected chi connectivity index (χ4v) is 6.38. The van der Waals surface area contributed by atoms with Crippen LogP contribution in [0, 0.1) is 0 Å². The standard InChI is InChI=1S/C26H28N4O3S2/c1-4-19-10-9-12-23-24(19)28-26(34-23)30(18-21-11-7-8-17-27-21)25(31)20-13-15-22(16-14-20)35(32,33)29(5-2)6-3/h7-17H,4-6,18H2,1-3H3. The summed E-state index contributed by atoms with van der Waals surface area (Å²) in [6.07, 6.45) is 2.54. The van der Waals surface area contributed by atoms with Gasteiger partial charge in [0.2, 0.25) is 10.0 Å². The van der Waals surface area contributed by atoms with Crippen molar-refractivity contribution in [3.8, 4) is 0 Å². The number of aromatic nitrogens is 2. The van der Waals surface area contributed by atoms with Crippen LogP contribution in [0.5, 0.6) is 0 Å². The molecule has 4 rings (SSSR count). The molecule has 0 N–H and O–H groups in total. The van der Waals surface area contributed by atoms with Crippen molar-refractivity contribution < 1.29 is 13.2 Å². The number of carbonyl (C=O) groups excluding carboxylic acids is 1. The Morgan fingerprint density at radius 1 is 0.943 bits per heavy atom. The third-order valence-corrected chi connectivity index (χ3v) is 8.95. The number of sulfonamides is 1. The third-order valence-electron chi connectivity index (χ3n) is 5.84. The summed E-state index contributed by atoms with van der Waals surface area (Å²) in [6, 6.07) is 17.7. The number of rotatable bonds is 9. The number of nitrogens with zero attached hydrogens (tertiary/aromatic N) is 4. The third kappa shape index (κ3) is 5.12. The predicted molar refractivity (Wildman–Crippen MR) is 140 cm³/mol. The van der Waals surface area contributed by atoms with E-state index in [-0.39, 0.29) is 17.3 Å². The molecule has 0 aliphatic heterocycles. The van der Waals surface area contributed by atoms with Gasteiger partial charge in [0.15, 0.2) is 5.13 Å². The molecule has 0 saturated heterocycles. The molecule has 0 radical (unpaired) electrons. The number of anilines is 1. The zero-order valence-electron chi connectivity index (χ0n) is 20.0. The second kappa shape index (κ2) is 10.6. The summed E-state index contributed by atoms with van der Waals surface area (Å²) in [5, 5.41) is 0.580. The van der Waals surface area contributed by atoms with Crippen LogP contribution in [0.25, 0.3) is 10.2 Å². The lowest BCUT2D eigenvalue weighted by molar-refractivity contribution is 0.0984. The highest BCUT2D eigenvalue weighted by molar-refractivity contribution is 7.89. The minimum absolute atomic E-state index is 0.168. The number of amides is 1. The summed E-state index contributed by atoms with van der Waals surface area (Å²) in [6.45, 7) is 6.70. The molecule has 7 nitrogen and oxygen atoms in total. The lowest BCUT2D eigenvalue weighted by Gasteiger charge is -2.21. The van der Waals surface area contributed by atoms with E-state index in [1.807, 2.05) is 36.4 Å². The predicted octanol–water partition coefficient (Wildman–Crippen LogP) is 5.13. The molecule has 0 bridgehead atoms. The van der Waals surface area contributed by atoms with Gasteiger partial charge in [-0.25, -0.2) is 13.4 Å².